The summed E-state index contributed by atoms with van der Waals surface area (Å²) in [5.74, 6) is -0.741. The van der Waals surface area contributed by atoms with Crippen molar-refractivity contribution in [3.8, 4) is 0 Å². The van der Waals surface area contributed by atoms with Crippen LogP contribution in [0.3, 0.4) is 0 Å². The molecule has 3 amide bonds. The van der Waals surface area contributed by atoms with Crippen LogP contribution in [0.4, 0.5) is 0 Å². The molecule has 0 atom stereocenters. The van der Waals surface area contributed by atoms with Crippen molar-refractivity contribution in [2.75, 3.05) is 26.8 Å². The smallest absolute Gasteiger partial charge is 0.253 e. The second-order valence-electron chi connectivity index (χ2n) is 3.20. The van der Waals surface area contributed by atoms with E-state index in [4.69, 9.17) is 4.74 Å². The van der Waals surface area contributed by atoms with Gasteiger partial charge >= 0.3 is 0 Å². The van der Waals surface area contributed by atoms with E-state index >= 15 is 0 Å². The number of ether oxygens (including phenoxy) is 1. The first-order valence-electron chi connectivity index (χ1n) is 4.97. The summed E-state index contributed by atoms with van der Waals surface area (Å²) in [7, 11) is 1.55. The molecule has 0 aromatic carbocycles. The number of hydrogen-bond acceptors (Lipinski definition) is 4. The lowest BCUT2D eigenvalue weighted by Crippen LogP contribution is -2.33. The van der Waals surface area contributed by atoms with Crippen LogP contribution >= 0.6 is 0 Å². The molecule has 1 aliphatic heterocycles. The van der Waals surface area contributed by atoms with E-state index in [1.165, 1.54) is 12.2 Å². The highest BCUT2D eigenvalue weighted by molar-refractivity contribution is 6.12. The summed E-state index contributed by atoms with van der Waals surface area (Å²) in [6, 6.07) is 0. The van der Waals surface area contributed by atoms with Gasteiger partial charge in [-0.05, 0) is 0 Å². The third-order valence-corrected chi connectivity index (χ3v) is 2.11. The molecule has 0 radical (unpaired) electrons. The third kappa shape index (κ3) is 3.47. The number of carbonyl (C=O) groups is 3. The number of amides is 3. The molecule has 0 aromatic rings. The fraction of sp³-hybridized carbons (Fsp3) is 0.500. The molecule has 16 heavy (non-hydrogen) atoms. The number of nitrogens with one attached hydrogen (secondary N) is 1. The van der Waals surface area contributed by atoms with Crippen LogP contribution in [0, 0.1) is 0 Å². The first-order valence-corrected chi connectivity index (χ1v) is 4.97. The molecule has 0 unspecified atom stereocenters. The van der Waals surface area contributed by atoms with Crippen LogP contribution in [0.25, 0.3) is 0 Å². The van der Waals surface area contributed by atoms with Crippen LogP contribution in [0.15, 0.2) is 12.2 Å². The second-order valence-corrected chi connectivity index (χ2v) is 3.20. The average Bonchev–Trinajstić information content (AvgIpc) is 2.59. The van der Waals surface area contributed by atoms with Gasteiger partial charge in [-0.3, -0.25) is 19.3 Å². The molecule has 0 saturated heterocycles. The molecule has 1 heterocycles. The molecular formula is C10H14N2O4. The van der Waals surface area contributed by atoms with Gasteiger partial charge in [0.2, 0.25) is 5.91 Å². The van der Waals surface area contributed by atoms with E-state index in [0.29, 0.717) is 0 Å². The normalized spacial score (nSPS) is 14.7. The SMILES string of the molecule is CNC(=O)CCOCCN1C(=O)C=CC1=O. The van der Waals surface area contributed by atoms with Gasteiger partial charge in [0, 0.05) is 25.6 Å². The van der Waals surface area contributed by atoms with E-state index in [0.717, 1.165) is 4.90 Å². The Bertz CT molecular complexity index is 307. The van der Waals surface area contributed by atoms with Gasteiger partial charge in [-0.25, -0.2) is 0 Å². The van der Waals surface area contributed by atoms with Gasteiger partial charge in [-0.1, -0.05) is 0 Å². The molecule has 1 rings (SSSR count). The zero-order valence-electron chi connectivity index (χ0n) is 9.06. The Labute approximate surface area is 93.2 Å². The van der Waals surface area contributed by atoms with E-state index in [9.17, 15) is 14.4 Å². The molecule has 0 aromatic heterocycles. The zero-order chi connectivity index (χ0) is 12.0. The van der Waals surface area contributed by atoms with Gasteiger partial charge in [0.15, 0.2) is 0 Å². The van der Waals surface area contributed by atoms with Gasteiger partial charge in [-0.15, -0.1) is 0 Å². The fourth-order valence-electron chi connectivity index (χ4n) is 1.20. The minimum absolute atomic E-state index is 0.102. The van der Waals surface area contributed by atoms with E-state index in [1.54, 1.807) is 7.05 Å². The second kappa shape index (κ2) is 6.02. The third-order valence-electron chi connectivity index (χ3n) is 2.11. The largest absolute Gasteiger partial charge is 0.379 e. The lowest BCUT2D eigenvalue weighted by molar-refractivity contribution is -0.138. The summed E-state index contributed by atoms with van der Waals surface area (Å²) < 4.78 is 5.13. The van der Waals surface area contributed by atoms with E-state index < -0.39 is 0 Å². The monoisotopic (exact) mass is 226 g/mol. The van der Waals surface area contributed by atoms with Crippen LogP contribution in [-0.4, -0.2) is 49.4 Å². The number of carbonyl (C=O) groups excluding carboxylic acids is 3. The Balaban J connectivity index is 2.10. The van der Waals surface area contributed by atoms with Gasteiger partial charge in [0.25, 0.3) is 11.8 Å². The van der Waals surface area contributed by atoms with Crippen LogP contribution in [0.1, 0.15) is 6.42 Å². The maximum absolute atomic E-state index is 11.1. The van der Waals surface area contributed by atoms with Crippen LogP contribution in [0.5, 0.6) is 0 Å². The average molecular weight is 226 g/mol. The highest BCUT2D eigenvalue weighted by Gasteiger charge is 2.22. The van der Waals surface area contributed by atoms with Crippen molar-refractivity contribution in [3.05, 3.63) is 12.2 Å². The van der Waals surface area contributed by atoms with Crippen LogP contribution < -0.4 is 5.32 Å². The standard InChI is InChI=1S/C10H14N2O4/c1-11-8(13)4-6-16-7-5-12-9(14)2-3-10(12)15/h2-3H,4-7H2,1H3,(H,11,13). The molecular weight excluding hydrogens is 212 g/mol. The zero-order valence-corrected chi connectivity index (χ0v) is 9.06. The fourth-order valence-corrected chi connectivity index (χ4v) is 1.20. The topological polar surface area (TPSA) is 75.7 Å². The van der Waals surface area contributed by atoms with Crippen molar-refractivity contribution >= 4 is 17.7 Å². The summed E-state index contributed by atoms with van der Waals surface area (Å²) in [4.78, 5) is 34.1. The predicted molar refractivity (Wildman–Crippen MR) is 55.4 cm³/mol. The number of nitrogens with zero attached hydrogens (tertiary/aromatic N) is 1. The summed E-state index contributed by atoms with van der Waals surface area (Å²) in [6.45, 7) is 0.748. The Morgan fingerprint density at radius 1 is 1.31 bits per heavy atom. The summed E-state index contributed by atoms with van der Waals surface area (Å²) in [5.41, 5.74) is 0. The minimum Gasteiger partial charge on any atom is -0.379 e. The Morgan fingerprint density at radius 2 is 1.94 bits per heavy atom. The lowest BCUT2D eigenvalue weighted by Gasteiger charge is -2.13. The Hall–Kier alpha value is -1.69. The van der Waals surface area contributed by atoms with Crippen molar-refractivity contribution in [3.63, 3.8) is 0 Å². The molecule has 88 valence electrons. The molecule has 0 spiro atoms. The van der Waals surface area contributed by atoms with Crippen molar-refractivity contribution in [1.29, 1.82) is 0 Å². The molecule has 1 aliphatic rings. The Morgan fingerprint density at radius 3 is 2.50 bits per heavy atom. The molecule has 0 fully saturated rings. The lowest BCUT2D eigenvalue weighted by atomic mass is 10.4. The molecule has 0 saturated carbocycles. The summed E-state index contributed by atoms with van der Waals surface area (Å²) in [5, 5.41) is 2.46. The van der Waals surface area contributed by atoms with Gasteiger partial charge < -0.3 is 10.1 Å². The predicted octanol–water partition coefficient (Wildman–Crippen LogP) is -0.936. The quantitative estimate of drug-likeness (QED) is 0.468. The molecule has 1 N–H and O–H groups in total. The van der Waals surface area contributed by atoms with E-state index in [-0.39, 0.29) is 43.9 Å². The van der Waals surface area contributed by atoms with Gasteiger partial charge in [0.1, 0.15) is 0 Å². The maximum Gasteiger partial charge on any atom is 0.253 e. The molecule has 6 heteroatoms. The maximum atomic E-state index is 11.1. The van der Waals surface area contributed by atoms with Gasteiger partial charge in [0.05, 0.1) is 19.8 Å². The molecule has 0 aliphatic carbocycles. The van der Waals surface area contributed by atoms with Crippen molar-refractivity contribution in [1.82, 2.24) is 10.2 Å². The number of hydrogen-bond donors (Lipinski definition) is 1. The highest BCUT2D eigenvalue weighted by atomic mass is 16.5. The van der Waals surface area contributed by atoms with Crippen molar-refractivity contribution < 1.29 is 19.1 Å². The Kier molecular flexibility index (Phi) is 4.65. The number of rotatable bonds is 6. The van der Waals surface area contributed by atoms with E-state index in [1.807, 2.05) is 0 Å². The summed E-state index contributed by atoms with van der Waals surface area (Å²) >= 11 is 0. The first kappa shape index (κ1) is 12.4. The molecule has 6 nitrogen and oxygen atoms in total. The number of imide groups is 1. The van der Waals surface area contributed by atoms with Crippen LogP contribution in [0.2, 0.25) is 0 Å². The van der Waals surface area contributed by atoms with Gasteiger partial charge in [-0.2, -0.15) is 0 Å². The first-order chi connectivity index (χ1) is 7.65. The van der Waals surface area contributed by atoms with Crippen molar-refractivity contribution in [2.24, 2.45) is 0 Å². The van der Waals surface area contributed by atoms with Crippen LogP contribution in [-0.2, 0) is 19.1 Å². The highest BCUT2D eigenvalue weighted by Crippen LogP contribution is 2.02. The van der Waals surface area contributed by atoms with Crippen molar-refractivity contribution in [2.45, 2.75) is 6.42 Å². The minimum atomic E-state index is -0.320. The molecule has 0 bridgehead atoms. The summed E-state index contributed by atoms with van der Waals surface area (Å²) in [6.07, 6.45) is 2.73. The van der Waals surface area contributed by atoms with E-state index in [2.05, 4.69) is 5.32 Å².